The highest BCUT2D eigenvalue weighted by Crippen LogP contribution is 2.26. The molecule has 2 aliphatic heterocycles. The fourth-order valence-electron chi connectivity index (χ4n) is 4.18. The third-order valence-corrected chi connectivity index (χ3v) is 6.21. The van der Waals surface area contributed by atoms with Gasteiger partial charge in [0.05, 0.1) is 6.04 Å². The van der Waals surface area contributed by atoms with Crippen molar-refractivity contribution < 1.29 is 14.0 Å². The largest absolute Gasteiger partial charge is 0.360 e. The van der Waals surface area contributed by atoms with Gasteiger partial charge in [-0.15, -0.1) is 0 Å². The molecule has 1 saturated carbocycles. The van der Waals surface area contributed by atoms with Crippen LogP contribution in [0.5, 0.6) is 0 Å². The number of amides is 2. The van der Waals surface area contributed by atoms with Crippen LogP contribution in [0.4, 0.5) is 4.39 Å². The normalized spacial score (nSPS) is 25.9. The van der Waals surface area contributed by atoms with Crippen molar-refractivity contribution in [3.8, 4) is 0 Å². The Morgan fingerprint density at radius 3 is 2.67 bits per heavy atom. The van der Waals surface area contributed by atoms with Crippen LogP contribution < -0.4 is 21.3 Å². The van der Waals surface area contributed by atoms with Gasteiger partial charge in [-0.2, -0.15) is 0 Å². The lowest BCUT2D eigenvalue weighted by Gasteiger charge is -2.37. The second-order valence-electron chi connectivity index (χ2n) is 8.38. The number of nitrogens with one attached hydrogen (secondary N) is 4. The van der Waals surface area contributed by atoms with Crippen molar-refractivity contribution in [3.63, 3.8) is 0 Å². The number of hydrogen-bond acceptors (Lipinski definition) is 4. The first-order valence-corrected chi connectivity index (χ1v) is 11.0. The van der Waals surface area contributed by atoms with Crippen molar-refractivity contribution >= 4 is 29.1 Å². The Hall–Kier alpha value is -2.26. The molecule has 2 heterocycles. The molecule has 1 aliphatic carbocycles. The average molecular weight is 434 g/mol. The van der Waals surface area contributed by atoms with Gasteiger partial charge in [0, 0.05) is 44.2 Å². The molecular formula is C21H28FN5O2S. The number of piperazine rings is 1. The van der Waals surface area contributed by atoms with E-state index in [1.165, 1.54) is 12.1 Å². The number of rotatable bonds is 7. The van der Waals surface area contributed by atoms with E-state index in [1.807, 2.05) is 0 Å². The van der Waals surface area contributed by atoms with Crippen molar-refractivity contribution in [2.45, 2.75) is 62.8 Å². The van der Waals surface area contributed by atoms with Crippen LogP contribution in [0.3, 0.4) is 0 Å². The summed E-state index contributed by atoms with van der Waals surface area (Å²) >= 11 is 5.38. The number of benzene rings is 1. The topological polar surface area (TPSA) is 85.5 Å². The molecule has 0 radical (unpaired) electrons. The molecule has 1 aromatic carbocycles. The second kappa shape index (κ2) is 9.26. The van der Waals surface area contributed by atoms with Crippen LogP contribution >= 0.6 is 12.2 Å². The highest BCUT2D eigenvalue weighted by molar-refractivity contribution is 7.80. The van der Waals surface area contributed by atoms with E-state index >= 15 is 0 Å². The Bertz CT molecular complexity index is 801. The van der Waals surface area contributed by atoms with E-state index in [1.54, 1.807) is 12.1 Å². The minimum absolute atomic E-state index is 0.0449. The standard InChI is InChI=1S/C21H28FN5O2S/c22-14-3-1-13(2-4-14)10-23-19(28)8-7-17-11-24-20(29)18-9-16(12-27(17)18)26-21(30)25-15-5-6-15/h1-4,15-18H,5-12H2,(H,23,28)(H,24,29)(H2,25,26,30)/t16-,17+,18-/m0/s1. The van der Waals surface area contributed by atoms with Gasteiger partial charge >= 0.3 is 0 Å². The van der Waals surface area contributed by atoms with E-state index in [-0.39, 0.29) is 35.8 Å². The first-order valence-electron chi connectivity index (χ1n) is 10.6. The summed E-state index contributed by atoms with van der Waals surface area (Å²) in [7, 11) is 0. The van der Waals surface area contributed by atoms with E-state index < -0.39 is 0 Å². The summed E-state index contributed by atoms with van der Waals surface area (Å²) in [5, 5.41) is 13.2. The van der Waals surface area contributed by atoms with Crippen molar-refractivity contribution in [2.75, 3.05) is 13.1 Å². The molecule has 4 rings (SSSR count). The van der Waals surface area contributed by atoms with E-state index in [2.05, 4.69) is 26.2 Å². The molecule has 4 N–H and O–H groups in total. The number of carbonyl (C=O) groups excluding carboxylic acids is 2. The van der Waals surface area contributed by atoms with Gasteiger partial charge in [-0.05, 0) is 55.6 Å². The van der Waals surface area contributed by atoms with Gasteiger partial charge < -0.3 is 21.3 Å². The Morgan fingerprint density at radius 2 is 1.93 bits per heavy atom. The van der Waals surface area contributed by atoms with Crippen LogP contribution in [0, 0.1) is 5.82 Å². The van der Waals surface area contributed by atoms with Gasteiger partial charge in [-0.1, -0.05) is 12.1 Å². The van der Waals surface area contributed by atoms with Crippen molar-refractivity contribution in [1.82, 2.24) is 26.2 Å². The van der Waals surface area contributed by atoms with Crippen molar-refractivity contribution in [3.05, 3.63) is 35.6 Å². The Labute approximate surface area is 181 Å². The number of hydrogen-bond donors (Lipinski definition) is 4. The second-order valence-corrected chi connectivity index (χ2v) is 8.79. The maximum Gasteiger partial charge on any atom is 0.237 e. The van der Waals surface area contributed by atoms with Crippen LogP contribution in [-0.4, -0.2) is 59.1 Å². The van der Waals surface area contributed by atoms with Crippen molar-refractivity contribution in [2.24, 2.45) is 0 Å². The van der Waals surface area contributed by atoms with Gasteiger partial charge in [-0.25, -0.2) is 4.39 Å². The monoisotopic (exact) mass is 433 g/mol. The van der Waals surface area contributed by atoms with Crippen LogP contribution in [0.25, 0.3) is 0 Å². The third-order valence-electron chi connectivity index (χ3n) is 5.98. The molecular weight excluding hydrogens is 405 g/mol. The molecule has 1 aromatic rings. The van der Waals surface area contributed by atoms with E-state index in [4.69, 9.17) is 12.2 Å². The molecule has 3 atom stereocenters. The van der Waals surface area contributed by atoms with Crippen LogP contribution in [0.15, 0.2) is 24.3 Å². The Morgan fingerprint density at radius 1 is 1.20 bits per heavy atom. The molecule has 0 bridgehead atoms. The number of thiocarbonyl (C=S) groups is 1. The summed E-state index contributed by atoms with van der Waals surface area (Å²) in [5.41, 5.74) is 0.860. The first kappa shape index (κ1) is 21.0. The summed E-state index contributed by atoms with van der Waals surface area (Å²) in [6.45, 7) is 1.68. The minimum Gasteiger partial charge on any atom is -0.360 e. The lowest BCUT2D eigenvalue weighted by Crippen LogP contribution is -2.58. The molecule has 7 nitrogen and oxygen atoms in total. The number of nitrogens with zero attached hydrogens (tertiary/aromatic N) is 1. The zero-order chi connectivity index (χ0) is 21.1. The maximum atomic E-state index is 13.0. The molecule has 162 valence electrons. The zero-order valence-corrected chi connectivity index (χ0v) is 17.6. The summed E-state index contributed by atoms with van der Waals surface area (Å²) in [5.74, 6) is -0.282. The van der Waals surface area contributed by atoms with Crippen molar-refractivity contribution in [1.29, 1.82) is 0 Å². The highest BCUT2D eigenvalue weighted by Gasteiger charge is 2.43. The van der Waals surface area contributed by atoms with Gasteiger partial charge in [0.1, 0.15) is 5.82 Å². The van der Waals surface area contributed by atoms with Crippen LogP contribution in [0.1, 0.15) is 37.7 Å². The number of halogens is 1. The molecule has 2 amide bonds. The molecule has 30 heavy (non-hydrogen) atoms. The molecule has 0 aromatic heterocycles. The summed E-state index contributed by atoms with van der Waals surface area (Å²) < 4.78 is 13.0. The van der Waals surface area contributed by atoms with Crippen LogP contribution in [-0.2, 0) is 16.1 Å². The first-order chi connectivity index (χ1) is 14.5. The molecule has 2 saturated heterocycles. The fraction of sp³-hybridized carbons (Fsp3) is 0.571. The van der Waals surface area contributed by atoms with E-state index in [9.17, 15) is 14.0 Å². The Kier molecular flexibility index (Phi) is 6.48. The van der Waals surface area contributed by atoms with Gasteiger partial charge in [0.15, 0.2) is 5.11 Å². The van der Waals surface area contributed by atoms with Crippen LogP contribution in [0.2, 0.25) is 0 Å². The van der Waals surface area contributed by atoms with E-state index in [0.29, 0.717) is 43.5 Å². The molecule has 0 spiro atoms. The number of fused-ring (bicyclic) bond motifs is 1. The SMILES string of the molecule is O=C(CC[C@@H]1CNC(=O)[C@@H]2C[C@H](NC(=S)NC3CC3)CN12)NCc1ccc(F)cc1. The molecule has 3 aliphatic rings. The maximum absolute atomic E-state index is 13.0. The average Bonchev–Trinajstić information content (AvgIpc) is 3.43. The molecule has 3 fully saturated rings. The number of carbonyl (C=O) groups is 2. The van der Waals surface area contributed by atoms with Gasteiger partial charge in [-0.3, -0.25) is 14.5 Å². The predicted molar refractivity (Wildman–Crippen MR) is 115 cm³/mol. The minimum atomic E-state index is -0.290. The lowest BCUT2D eigenvalue weighted by molar-refractivity contribution is -0.129. The quantitative estimate of drug-likeness (QED) is 0.476. The molecule has 9 heteroatoms. The van der Waals surface area contributed by atoms with Gasteiger partial charge in [0.2, 0.25) is 11.8 Å². The predicted octanol–water partition coefficient (Wildman–Crippen LogP) is 0.790. The Balaban J connectivity index is 1.24. The zero-order valence-electron chi connectivity index (χ0n) is 16.8. The molecule has 0 unspecified atom stereocenters. The van der Waals surface area contributed by atoms with Gasteiger partial charge in [0.25, 0.3) is 0 Å². The highest BCUT2D eigenvalue weighted by atomic mass is 32.1. The smallest absolute Gasteiger partial charge is 0.237 e. The van der Waals surface area contributed by atoms with E-state index in [0.717, 1.165) is 24.9 Å². The summed E-state index contributed by atoms with van der Waals surface area (Å²) in [6.07, 6.45) is 4.09. The summed E-state index contributed by atoms with van der Waals surface area (Å²) in [4.78, 5) is 26.8. The fourth-order valence-corrected chi connectivity index (χ4v) is 4.51. The lowest BCUT2D eigenvalue weighted by atomic mass is 10.0. The summed E-state index contributed by atoms with van der Waals surface area (Å²) in [6, 6.07) is 6.68. The third kappa shape index (κ3) is 5.46.